The molecule has 0 saturated heterocycles. The van der Waals surface area contributed by atoms with Crippen LogP contribution in [0, 0.1) is 16.7 Å². The Balaban J connectivity index is 1.97. The van der Waals surface area contributed by atoms with Gasteiger partial charge >= 0.3 is 0 Å². The van der Waals surface area contributed by atoms with Gasteiger partial charge in [-0.2, -0.15) is 5.26 Å². The Bertz CT molecular complexity index is 539. The van der Waals surface area contributed by atoms with Gasteiger partial charge < -0.3 is 10.1 Å². The maximum absolute atomic E-state index is 8.85. The molecule has 1 aliphatic carbocycles. The highest BCUT2D eigenvalue weighted by atomic mass is 79.9. The minimum atomic E-state index is 0.0845. The Labute approximate surface area is 135 Å². The Morgan fingerprint density at radius 1 is 1.38 bits per heavy atom. The second-order valence-electron chi connectivity index (χ2n) is 6.98. The van der Waals surface area contributed by atoms with Gasteiger partial charge in [-0.05, 0) is 57.4 Å². The van der Waals surface area contributed by atoms with Crippen molar-refractivity contribution in [2.45, 2.75) is 52.1 Å². The molecule has 0 aromatic heterocycles. The van der Waals surface area contributed by atoms with Crippen molar-refractivity contribution in [1.82, 2.24) is 5.32 Å². The summed E-state index contributed by atoms with van der Waals surface area (Å²) in [6.45, 7) is 7.90. The Hall–Kier alpha value is -1.05. The second kappa shape index (κ2) is 6.37. The number of ether oxygens (including phenoxy) is 1. The molecule has 3 nitrogen and oxygen atoms in total. The van der Waals surface area contributed by atoms with Crippen molar-refractivity contribution >= 4 is 15.9 Å². The van der Waals surface area contributed by atoms with Crippen molar-refractivity contribution in [3.05, 3.63) is 28.2 Å². The molecule has 1 fully saturated rings. The maximum Gasteiger partial charge on any atom is 0.119 e. The molecule has 4 heteroatoms. The van der Waals surface area contributed by atoms with Crippen molar-refractivity contribution in [2.75, 3.05) is 6.61 Å². The van der Waals surface area contributed by atoms with Gasteiger partial charge in [-0.15, -0.1) is 0 Å². The summed E-state index contributed by atoms with van der Waals surface area (Å²) < 4.78 is 7.00. The lowest BCUT2D eigenvalue weighted by atomic mass is 10.1. The minimum Gasteiger partial charge on any atom is -0.493 e. The second-order valence-corrected chi connectivity index (χ2v) is 7.83. The lowest BCUT2D eigenvalue weighted by molar-refractivity contribution is 0.236. The first-order valence-electron chi connectivity index (χ1n) is 7.37. The van der Waals surface area contributed by atoms with Gasteiger partial charge in [0.25, 0.3) is 0 Å². The van der Waals surface area contributed by atoms with E-state index in [9.17, 15) is 0 Å². The molecule has 2 rings (SSSR count). The van der Waals surface area contributed by atoms with Crippen molar-refractivity contribution in [3.63, 3.8) is 0 Å². The third-order valence-electron chi connectivity index (χ3n) is 3.78. The van der Waals surface area contributed by atoms with Crippen LogP contribution in [0.1, 0.15) is 45.6 Å². The lowest BCUT2D eigenvalue weighted by Gasteiger charge is -2.21. The topological polar surface area (TPSA) is 45.0 Å². The van der Waals surface area contributed by atoms with Gasteiger partial charge in [-0.3, -0.25) is 0 Å². The number of hydrogen-bond donors (Lipinski definition) is 1. The fourth-order valence-corrected chi connectivity index (χ4v) is 2.48. The third kappa shape index (κ3) is 5.01. The summed E-state index contributed by atoms with van der Waals surface area (Å²) in [5.41, 5.74) is 1.39. The van der Waals surface area contributed by atoms with Crippen LogP contribution in [0.3, 0.4) is 0 Å². The molecule has 0 aliphatic heterocycles. The summed E-state index contributed by atoms with van der Waals surface area (Å²) in [5, 5.41) is 12.3. The van der Waals surface area contributed by atoms with Gasteiger partial charge in [0.1, 0.15) is 5.75 Å². The minimum absolute atomic E-state index is 0.0845. The molecule has 0 heterocycles. The van der Waals surface area contributed by atoms with Gasteiger partial charge in [0.15, 0.2) is 0 Å². The van der Waals surface area contributed by atoms with Crippen molar-refractivity contribution in [1.29, 1.82) is 5.26 Å². The Morgan fingerprint density at radius 3 is 2.67 bits per heavy atom. The van der Waals surface area contributed by atoms with E-state index in [1.807, 2.05) is 12.1 Å². The summed E-state index contributed by atoms with van der Waals surface area (Å²) in [6.07, 6.45) is 2.81. The average Bonchev–Trinajstić information content (AvgIpc) is 3.16. The zero-order chi connectivity index (χ0) is 15.5. The first-order valence-corrected chi connectivity index (χ1v) is 8.16. The molecule has 21 heavy (non-hydrogen) atoms. The van der Waals surface area contributed by atoms with Gasteiger partial charge in [-0.1, -0.05) is 15.9 Å². The third-order valence-corrected chi connectivity index (χ3v) is 4.56. The van der Waals surface area contributed by atoms with Gasteiger partial charge in [0, 0.05) is 28.4 Å². The zero-order valence-corrected chi connectivity index (χ0v) is 14.6. The van der Waals surface area contributed by atoms with Gasteiger partial charge in [-0.25, -0.2) is 0 Å². The van der Waals surface area contributed by atoms with E-state index in [-0.39, 0.29) is 11.0 Å². The molecule has 0 radical (unpaired) electrons. The van der Waals surface area contributed by atoms with Gasteiger partial charge in [0.05, 0.1) is 12.7 Å². The van der Waals surface area contributed by atoms with Crippen molar-refractivity contribution in [3.8, 4) is 11.8 Å². The van der Waals surface area contributed by atoms with Gasteiger partial charge in [0.2, 0.25) is 0 Å². The summed E-state index contributed by atoms with van der Waals surface area (Å²) in [4.78, 5) is 0. The average molecular weight is 351 g/mol. The van der Waals surface area contributed by atoms with E-state index in [1.54, 1.807) is 0 Å². The monoisotopic (exact) mass is 350 g/mol. The van der Waals surface area contributed by atoms with E-state index in [4.69, 9.17) is 10.00 Å². The van der Waals surface area contributed by atoms with Crippen LogP contribution in [-0.4, -0.2) is 12.1 Å². The molecule has 0 unspecified atom stereocenters. The number of rotatable bonds is 6. The van der Waals surface area contributed by atoms with Crippen LogP contribution in [0.5, 0.6) is 5.75 Å². The zero-order valence-electron chi connectivity index (χ0n) is 13.0. The summed E-state index contributed by atoms with van der Waals surface area (Å²) >= 11 is 3.59. The molecule has 1 aliphatic rings. The molecule has 1 aromatic rings. The molecule has 0 spiro atoms. The van der Waals surface area contributed by atoms with Crippen LogP contribution >= 0.6 is 15.9 Å². The quantitative estimate of drug-likeness (QED) is 0.826. The van der Waals surface area contributed by atoms with Crippen molar-refractivity contribution < 1.29 is 4.74 Å². The maximum atomic E-state index is 8.85. The molecule has 114 valence electrons. The Morgan fingerprint density at radius 2 is 2.10 bits per heavy atom. The van der Waals surface area contributed by atoms with E-state index >= 15 is 0 Å². The molecular formula is C17H23BrN2O. The largest absolute Gasteiger partial charge is 0.493 e. The van der Waals surface area contributed by atoms with E-state index in [1.165, 1.54) is 5.56 Å². The Kier molecular flexibility index (Phi) is 4.95. The van der Waals surface area contributed by atoms with E-state index in [0.29, 0.717) is 13.0 Å². The molecule has 0 atom stereocenters. The lowest BCUT2D eigenvalue weighted by Crippen LogP contribution is -2.35. The summed E-state index contributed by atoms with van der Waals surface area (Å²) in [6, 6.07) is 8.35. The fourth-order valence-electron chi connectivity index (χ4n) is 2.09. The highest BCUT2D eigenvalue weighted by molar-refractivity contribution is 9.10. The number of nitrogens with zero attached hydrogens (tertiary/aromatic N) is 1. The highest BCUT2D eigenvalue weighted by Gasteiger charge is 2.43. The molecule has 0 bridgehead atoms. The first-order chi connectivity index (χ1) is 9.84. The molecule has 1 aromatic carbocycles. The van der Waals surface area contributed by atoms with E-state index in [2.05, 4.69) is 54.2 Å². The number of benzene rings is 1. The predicted octanol–water partition coefficient (Wildman–Crippen LogP) is 4.41. The van der Waals surface area contributed by atoms with Crippen molar-refractivity contribution in [2.24, 2.45) is 5.41 Å². The number of nitriles is 1. The molecular weight excluding hydrogens is 328 g/mol. The summed E-state index contributed by atoms with van der Waals surface area (Å²) in [7, 11) is 0. The molecule has 1 saturated carbocycles. The highest BCUT2D eigenvalue weighted by Crippen LogP contribution is 2.48. The van der Waals surface area contributed by atoms with Crippen LogP contribution in [0.4, 0.5) is 0 Å². The predicted molar refractivity (Wildman–Crippen MR) is 88.1 cm³/mol. The molecule has 0 amide bonds. The first kappa shape index (κ1) is 16.3. The van der Waals surface area contributed by atoms with Crippen LogP contribution in [0.2, 0.25) is 0 Å². The number of halogens is 1. The smallest absolute Gasteiger partial charge is 0.119 e. The fraction of sp³-hybridized carbons (Fsp3) is 0.588. The summed E-state index contributed by atoms with van der Waals surface area (Å²) in [5.74, 6) is 0.883. The standard InChI is InChI=1S/C17H23BrN2O/c1-16(2,3)20-11-13-10-14(4-5-15(13)18)21-12-17(6-7-17)8-9-19/h4-5,10,20H,6-8,11-12H2,1-3H3. The SMILES string of the molecule is CC(C)(C)NCc1cc(OCC2(CC#N)CC2)ccc1Br. The van der Waals surface area contributed by atoms with Crippen LogP contribution in [0.25, 0.3) is 0 Å². The normalized spacial score (nSPS) is 16.3. The van der Waals surface area contributed by atoms with Crippen LogP contribution in [-0.2, 0) is 6.54 Å². The van der Waals surface area contributed by atoms with E-state index < -0.39 is 0 Å². The van der Waals surface area contributed by atoms with Crippen LogP contribution < -0.4 is 10.1 Å². The number of nitrogens with one attached hydrogen (secondary N) is 1. The number of hydrogen-bond acceptors (Lipinski definition) is 3. The van der Waals surface area contributed by atoms with E-state index in [0.717, 1.165) is 29.6 Å². The van der Waals surface area contributed by atoms with Crippen LogP contribution in [0.15, 0.2) is 22.7 Å². The molecule has 1 N–H and O–H groups in total.